The van der Waals surface area contributed by atoms with Crippen LogP contribution in [0.15, 0.2) is 66.7 Å². The van der Waals surface area contributed by atoms with Crippen molar-refractivity contribution >= 4 is 17.3 Å². The Hall–Kier alpha value is -3.09. The first kappa shape index (κ1) is 19.7. The highest BCUT2D eigenvalue weighted by atomic mass is 35.5. The van der Waals surface area contributed by atoms with E-state index < -0.39 is 4.92 Å². The van der Waals surface area contributed by atoms with Gasteiger partial charge in [0.1, 0.15) is 18.1 Å². The molecule has 0 unspecified atom stereocenters. The molecule has 144 valence electrons. The van der Waals surface area contributed by atoms with Gasteiger partial charge in [-0.25, -0.2) is 0 Å². The lowest BCUT2D eigenvalue weighted by Crippen LogP contribution is -2.04. The SMILES string of the molecule is NCCc1ccc(Cl)cc1Oc1ccc([N+](=O)[O-])c(OCc2ccccc2)c1. The largest absolute Gasteiger partial charge is 0.482 e. The molecule has 7 heteroatoms. The zero-order valence-corrected chi connectivity index (χ0v) is 15.8. The number of rotatable bonds is 8. The molecule has 0 aliphatic heterocycles. The van der Waals surface area contributed by atoms with Gasteiger partial charge in [-0.05, 0) is 42.3 Å². The minimum Gasteiger partial charge on any atom is -0.482 e. The maximum atomic E-state index is 11.3. The molecular weight excluding hydrogens is 380 g/mol. The van der Waals surface area contributed by atoms with Crippen molar-refractivity contribution in [3.8, 4) is 17.2 Å². The number of hydrogen-bond acceptors (Lipinski definition) is 5. The van der Waals surface area contributed by atoms with Gasteiger partial charge < -0.3 is 15.2 Å². The molecule has 0 spiro atoms. The monoisotopic (exact) mass is 398 g/mol. The first-order valence-corrected chi connectivity index (χ1v) is 9.06. The highest BCUT2D eigenvalue weighted by Crippen LogP contribution is 2.35. The molecule has 0 bridgehead atoms. The smallest absolute Gasteiger partial charge is 0.311 e. The highest BCUT2D eigenvalue weighted by molar-refractivity contribution is 6.30. The Kier molecular flexibility index (Phi) is 6.47. The van der Waals surface area contributed by atoms with E-state index >= 15 is 0 Å². The molecule has 0 saturated heterocycles. The Morgan fingerprint density at radius 2 is 1.79 bits per heavy atom. The van der Waals surface area contributed by atoms with Gasteiger partial charge in [-0.3, -0.25) is 10.1 Å². The Labute approximate surface area is 167 Å². The topological polar surface area (TPSA) is 87.6 Å². The summed E-state index contributed by atoms with van der Waals surface area (Å²) in [4.78, 5) is 10.9. The summed E-state index contributed by atoms with van der Waals surface area (Å²) in [6.45, 7) is 0.671. The molecule has 0 atom stereocenters. The van der Waals surface area contributed by atoms with Crippen LogP contribution in [0.25, 0.3) is 0 Å². The molecule has 0 fully saturated rings. The molecule has 2 N–H and O–H groups in total. The van der Waals surface area contributed by atoms with Crippen molar-refractivity contribution in [2.75, 3.05) is 6.54 Å². The molecule has 3 aromatic rings. The fourth-order valence-corrected chi connectivity index (χ4v) is 2.83. The van der Waals surface area contributed by atoms with Gasteiger partial charge in [0.25, 0.3) is 0 Å². The number of nitro groups is 1. The van der Waals surface area contributed by atoms with Crippen LogP contribution in [0.1, 0.15) is 11.1 Å². The third-order valence-corrected chi connectivity index (χ3v) is 4.27. The summed E-state index contributed by atoms with van der Waals surface area (Å²) in [5, 5.41) is 11.9. The normalized spacial score (nSPS) is 10.5. The molecule has 28 heavy (non-hydrogen) atoms. The number of ether oxygens (including phenoxy) is 2. The quantitative estimate of drug-likeness (QED) is 0.420. The summed E-state index contributed by atoms with van der Waals surface area (Å²) in [7, 11) is 0. The summed E-state index contributed by atoms with van der Waals surface area (Å²) < 4.78 is 11.6. The lowest BCUT2D eigenvalue weighted by molar-refractivity contribution is -0.386. The summed E-state index contributed by atoms with van der Waals surface area (Å²) in [6.07, 6.45) is 0.622. The predicted octanol–water partition coefficient (Wildman–Crippen LogP) is 5.12. The molecule has 6 nitrogen and oxygen atoms in total. The van der Waals surface area contributed by atoms with Crippen LogP contribution < -0.4 is 15.2 Å². The van der Waals surface area contributed by atoms with E-state index in [-0.39, 0.29) is 18.0 Å². The van der Waals surface area contributed by atoms with E-state index in [1.807, 2.05) is 36.4 Å². The van der Waals surface area contributed by atoms with Gasteiger partial charge in [-0.1, -0.05) is 48.0 Å². The van der Waals surface area contributed by atoms with Crippen LogP contribution in [0.5, 0.6) is 17.2 Å². The number of hydrogen-bond donors (Lipinski definition) is 1. The molecular formula is C21H19ClN2O4. The second-order valence-corrected chi connectivity index (χ2v) is 6.49. The van der Waals surface area contributed by atoms with Gasteiger partial charge in [0.2, 0.25) is 5.75 Å². The molecule has 3 aromatic carbocycles. The van der Waals surface area contributed by atoms with Crippen molar-refractivity contribution in [3.63, 3.8) is 0 Å². The lowest BCUT2D eigenvalue weighted by Gasteiger charge is -2.13. The number of halogens is 1. The maximum Gasteiger partial charge on any atom is 0.311 e. The van der Waals surface area contributed by atoms with Crippen LogP contribution in [0.2, 0.25) is 5.02 Å². The van der Waals surface area contributed by atoms with Crippen LogP contribution in [0.4, 0.5) is 5.69 Å². The van der Waals surface area contributed by atoms with E-state index in [0.717, 1.165) is 11.1 Å². The van der Waals surface area contributed by atoms with Crippen LogP contribution in [0.3, 0.4) is 0 Å². The fourth-order valence-electron chi connectivity index (χ4n) is 2.67. The predicted molar refractivity (Wildman–Crippen MR) is 108 cm³/mol. The van der Waals surface area contributed by atoms with Crippen molar-refractivity contribution in [2.24, 2.45) is 5.73 Å². The van der Waals surface area contributed by atoms with Gasteiger partial charge in [0, 0.05) is 17.2 Å². The number of nitrogens with two attached hydrogens (primary N) is 1. The van der Waals surface area contributed by atoms with Crippen LogP contribution in [-0.4, -0.2) is 11.5 Å². The van der Waals surface area contributed by atoms with Gasteiger partial charge in [0.05, 0.1) is 4.92 Å². The third-order valence-electron chi connectivity index (χ3n) is 4.04. The average molecular weight is 399 g/mol. The highest BCUT2D eigenvalue weighted by Gasteiger charge is 2.17. The summed E-state index contributed by atoms with van der Waals surface area (Å²) in [5.74, 6) is 1.10. The van der Waals surface area contributed by atoms with E-state index in [0.29, 0.717) is 29.5 Å². The van der Waals surface area contributed by atoms with Gasteiger partial charge in [0.15, 0.2) is 0 Å². The van der Waals surface area contributed by atoms with Crippen LogP contribution in [0, 0.1) is 10.1 Å². The number of nitrogens with zero attached hydrogens (tertiary/aromatic N) is 1. The molecule has 0 radical (unpaired) electrons. The second kappa shape index (κ2) is 9.21. The van der Waals surface area contributed by atoms with Crippen molar-refractivity contribution in [1.29, 1.82) is 0 Å². The Bertz CT molecular complexity index is 964. The van der Waals surface area contributed by atoms with E-state index in [2.05, 4.69) is 0 Å². The average Bonchev–Trinajstić information content (AvgIpc) is 2.69. The van der Waals surface area contributed by atoms with E-state index in [9.17, 15) is 10.1 Å². The van der Waals surface area contributed by atoms with E-state index in [1.54, 1.807) is 12.1 Å². The number of benzene rings is 3. The third kappa shape index (κ3) is 5.00. The van der Waals surface area contributed by atoms with Crippen LogP contribution in [-0.2, 0) is 13.0 Å². The minimum atomic E-state index is -0.483. The van der Waals surface area contributed by atoms with Crippen molar-refractivity contribution in [1.82, 2.24) is 0 Å². The number of nitro benzene ring substituents is 1. The second-order valence-electron chi connectivity index (χ2n) is 6.05. The molecule has 0 amide bonds. The zero-order valence-electron chi connectivity index (χ0n) is 15.0. The fraction of sp³-hybridized carbons (Fsp3) is 0.143. The van der Waals surface area contributed by atoms with Crippen molar-refractivity contribution < 1.29 is 14.4 Å². The minimum absolute atomic E-state index is 0.128. The molecule has 0 aromatic heterocycles. The summed E-state index contributed by atoms with van der Waals surface area (Å²) >= 11 is 6.07. The van der Waals surface area contributed by atoms with Crippen molar-refractivity contribution in [3.05, 3.63) is 93.0 Å². The van der Waals surface area contributed by atoms with Crippen LogP contribution >= 0.6 is 11.6 Å². The van der Waals surface area contributed by atoms with Crippen molar-refractivity contribution in [2.45, 2.75) is 13.0 Å². The Morgan fingerprint density at radius 1 is 1.00 bits per heavy atom. The van der Waals surface area contributed by atoms with E-state index in [1.165, 1.54) is 18.2 Å². The van der Waals surface area contributed by atoms with E-state index in [4.69, 9.17) is 26.8 Å². The first-order valence-electron chi connectivity index (χ1n) is 8.68. The molecule has 0 heterocycles. The standard InChI is InChI=1S/C21H19ClN2O4/c22-17-7-6-16(10-11-23)20(12-17)28-18-8-9-19(24(25)26)21(13-18)27-14-15-4-2-1-3-5-15/h1-9,12-13H,10-11,14,23H2. The maximum absolute atomic E-state index is 11.3. The molecule has 0 aliphatic carbocycles. The van der Waals surface area contributed by atoms with Gasteiger partial charge in [-0.2, -0.15) is 0 Å². The molecule has 3 rings (SSSR count). The Morgan fingerprint density at radius 3 is 2.50 bits per heavy atom. The first-order chi connectivity index (χ1) is 13.6. The Balaban J connectivity index is 1.86. The van der Waals surface area contributed by atoms with Gasteiger partial charge >= 0.3 is 5.69 Å². The molecule has 0 aliphatic rings. The van der Waals surface area contributed by atoms with Gasteiger partial charge in [-0.15, -0.1) is 0 Å². The zero-order chi connectivity index (χ0) is 19.9. The molecule has 0 saturated carbocycles. The lowest BCUT2D eigenvalue weighted by atomic mass is 10.1. The summed E-state index contributed by atoms with van der Waals surface area (Å²) in [6, 6.07) is 19.1. The summed E-state index contributed by atoms with van der Waals surface area (Å²) in [5.41, 5.74) is 7.33.